The van der Waals surface area contributed by atoms with Crippen LogP contribution in [0, 0.1) is 0 Å². The number of benzene rings is 3. The Balaban J connectivity index is 1.33. The number of alkyl carbamates (subject to hydrolysis) is 1. The van der Waals surface area contributed by atoms with Crippen LogP contribution in [0.5, 0.6) is 5.75 Å². The molecule has 3 aliphatic heterocycles. The van der Waals surface area contributed by atoms with E-state index in [0.29, 0.717) is 23.3 Å². The minimum atomic E-state index is -0.939. The predicted octanol–water partition coefficient (Wildman–Crippen LogP) is 7.06. The van der Waals surface area contributed by atoms with Crippen LogP contribution in [0.25, 0.3) is 0 Å². The number of amides is 3. The van der Waals surface area contributed by atoms with Crippen LogP contribution in [0.1, 0.15) is 65.2 Å². The first-order chi connectivity index (χ1) is 25.6. The van der Waals surface area contributed by atoms with Gasteiger partial charge in [0.05, 0.1) is 5.69 Å². The van der Waals surface area contributed by atoms with E-state index < -0.39 is 52.8 Å². The summed E-state index contributed by atoms with van der Waals surface area (Å²) in [5, 5.41) is 2.04. The van der Waals surface area contributed by atoms with Crippen LogP contribution in [-0.4, -0.2) is 69.8 Å². The number of carbonyl (C=O) groups excluding carboxylic acids is 5. The molecule has 3 aliphatic rings. The van der Waals surface area contributed by atoms with Crippen molar-refractivity contribution in [3.63, 3.8) is 0 Å². The molecule has 0 bridgehead atoms. The molecule has 13 heteroatoms. The highest BCUT2D eigenvalue weighted by atomic mass is 32.2. The molecule has 0 spiro atoms. The van der Waals surface area contributed by atoms with Crippen molar-refractivity contribution in [1.29, 1.82) is 0 Å². The van der Waals surface area contributed by atoms with Gasteiger partial charge in [-0.1, -0.05) is 72.8 Å². The topological polar surface area (TPSA) is 141 Å². The van der Waals surface area contributed by atoms with E-state index in [1.54, 1.807) is 71.9 Å². The lowest BCUT2D eigenvalue weighted by Gasteiger charge is -2.49. The molecule has 3 heterocycles. The third-order valence-electron chi connectivity index (χ3n) is 8.50. The van der Waals surface area contributed by atoms with Crippen molar-refractivity contribution in [1.82, 2.24) is 10.2 Å². The number of nitrogens with zero attached hydrogens (tertiary/aromatic N) is 2. The smallest absolute Gasteiger partial charge is 0.448 e. The van der Waals surface area contributed by atoms with Crippen molar-refractivity contribution < 1.29 is 42.9 Å². The fourth-order valence-corrected chi connectivity index (χ4v) is 7.55. The number of hydrogen-bond donors (Lipinski definition) is 1. The van der Waals surface area contributed by atoms with Gasteiger partial charge in [0.15, 0.2) is 11.9 Å². The zero-order chi connectivity index (χ0) is 38.8. The maximum Gasteiger partial charge on any atom is 0.514 e. The lowest BCUT2D eigenvalue weighted by molar-refractivity contribution is -0.153. The molecule has 0 radical (unpaired) electrons. The van der Waals surface area contributed by atoms with E-state index in [0.717, 1.165) is 11.1 Å². The third kappa shape index (κ3) is 8.62. The van der Waals surface area contributed by atoms with Gasteiger partial charge in [0.2, 0.25) is 0 Å². The number of anilines is 1. The summed E-state index contributed by atoms with van der Waals surface area (Å²) in [4.78, 5) is 70.2. The van der Waals surface area contributed by atoms with Gasteiger partial charge in [0.1, 0.15) is 28.3 Å². The number of nitrogens with one attached hydrogen (secondary N) is 1. The van der Waals surface area contributed by atoms with Crippen LogP contribution in [0.3, 0.4) is 0 Å². The van der Waals surface area contributed by atoms with Gasteiger partial charge in [0.25, 0.3) is 11.8 Å². The number of esters is 1. The Hall–Kier alpha value is -5.56. The maximum absolute atomic E-state index is 14.4. The van der Waals surface area contributed by atoms with Crippen molar-refractivity contribution in [2.45, 2.75) is 76.7 Å². The van der Waals surface area contributed by atoms with Gasteiger partial charge in [0, 0.05) is 17.9 Å². The monoisotopic (exact) mass is 753 g/mol. The Kier molecular flexibility index (Phi) is 10.9. The quantitative estimate of drug-likeness (QED) is 0.0836. The fraction of sp³-hybridized carbons (Fsp3) is 0.341. The minimum absolute atomic E-state index is 0.00439. The van der Waals surface area contributed by atoms with Crippen molar-refractivity contribution >= 4 is 47.5 Å². The van der Waals surface area contributed by atoms with E-state index in [9.17, 15) is 24.0 Å². The van der Waals surface area contributed by atoms with Gasteiger partial charge in [-0.2, -0.15) is 0 Å². The van der Waals surface area contributed by atoms with Crippen LogP contribution >= 0.6 is 11.8 Å². The molecule has 12 nitrogen and oxygen atoms in total. The molecule has 54 heavy (non-hydrogen) atoms. The standard InChI is InChI=1S/C41H43N3O9S/c1-40(2,3)52-38(48)42-31-35(46)44-32(37(47)51-33(25-15-9-7-10-16-25)26-17-11-8-12-18-26)28(24-54-36(31)44)23-27-21-22-43(34(27)45)29-19-13-14-20-30(29)50-39(49)53-41(4,5)6/h7-20,23,31,33,36H,21-22,24H2,1-6H3,(H,42,48)/t31-,36-/m1/s1. The number of hydrogen-bond acceptors (Lipinski definition) is 10. The van der Waals surface area contributed by atoms with Gasteiger partial charge < -0.3 is 29.2 Å². The first-order valence-electron chi connectivity index (χ1n) is 17.6. The second-order valence-electron chi connectivity index (χ2n) is 14.9. The Bertz CT molecular complexity index is 1960. The molecule has 1 N–H and O–H groups in total. The number of β-lactam (4-membered cyclic amide) rings is 1. The zero-order valence-electron chi connectivity index (χ0n) is 31.0. The summed E-state index contributed by atoms with van der Waals surface area (Å²) in [6, 6.07) is 24.3. The van der Waals surface area contributed by atoms with Gasteiger partial charge in [-0.15, -0.1) is 11.8 Å². The first-order valence-corrected chi connectivity index (χ1v) is 18.6. The van der Waals surface area contributed by atoms with Crippen LogP contribution in [-0.2, 0) is 28.6 Å². The second kappa shape index (κ2) is 15.4. The van der Waals surface area contributed by atoms with E-state index >= 15 is 0 Å². The molecule has 3 amide bonds. The number of para-hydroxylation sites is 2. The SMILES string of the molecule is CC(C)(C)OC(=O)N[C@@H]1C(=O)N2C(C(=O)OC(c3ccccc3)c3ccccc3)=C(C=C3CCN(c4ccccc4OC(=O)OC(C)(C)C)C3=O)CS[C@H]12. The highest BCUT2D eigenvalue weighted by Gasteiger charge is 2.55. The van der Waals surface area contributed by atoms with Crippen molar-refractivity contribution in [3.8, 4) is 5.75 Å². The summed E-state index contributed by atoms with van der Waals surface area (Å²) in [5.41, 5.74) is 1.09. The van der Waals surface area contributed by atoms with Crippen molar-refractivity contribution in [3.05, 3.63) is 119 Å². The van der Waals surface area contributed by atoms with E-state index in [1.165, 1.54) is 21.6 Å². The number of thioether (sulfide) groups is 1. The molecule has 282 valence electrons. The average Bonchev–Trinajstić information content (AvgIpc) is 3.47. The van der Waals surface area contributed by atoms with E-state index in [-0.39, 0.29) is 29.7 Å². The van der Waals surface area contributed by atoms with Gasteiger partial charge >= 0.3 is 18.2 Å². The summed E-state index contributed by atoms with van der Waals surface area (Å²) < 4.78 is 22.5. The lowest BCUT2D eigenvalue weighted by Crippen LogP contribution is -2.70. The second-order valence-corrected chi connectivity index (χ2v) is 16.0. The zero-order valence-corrected chi connectivity index (χ0v) is 31.8. The molecule has 0 aromatic heterocycles. The predicted molar refractivity (Wildman–Crippen MR) is 202 cm³/mol. The molecule has 2 atom stereocenters. The van der Waals surface area contributed by atoms with E-state index in [4.69, 9.17) is 18.9 Å². The molecule has 0 saturated carbocycles. The number of allylic oxidation sites excluding steroid dienone is 1. The third-order valence-corrected chi connectivity index (χ3v) is 9.81. The van der Waals surface area contributed by atoms with E-state index in [2.05, 4.69) is 5.32 Å². The Labute approximate surface area is 318 Å². The summed E-state index contributed by atoms with van der Waals surface area (Å²) >= 11 is 1.35. The molecule has 0 unspecified atom stereocenters. The molecule has 2 saturated heterocycles. The van der Waals surface area contributed by atoms with Gasteiger partial charge in [-0.3, -0.25) is 14.5 Å². The van der Waals surface area contributed by atoms with Crippen LogP contribution in [0.4, 0.5) is 15.3 Å². The Morgan fingerprint density at radius 1 is 0.833 bits per heavy atom. The van der Waals surface area contributed by atoms with Gasteiger partial charge in [-0.05, 0) is 82.9 Å². The summed E-state index contributed by atoms with van der Waals surface area (Å²) in [5.74, 6) is -1.23. The Morgan fingerprint density at radius 3 is 2.04 bits per heavy atom. The Morgan fingerprint density at radius 2 is 1.43 bits per heavy atom. The molecule has 3 aromatic carbocycles. The highest BCUT2D eigenvalue weighted by molar-refractivity contribution is 8.00. The average molecular weight is 754 g/mol. The van der Waals surface area contributed by atoms with E-state index in [1.807, 2.05) is 60.7 Å². The van der Waals surface area contributed by atoms with Crippen LogP contribution in [0.2, 0.25) is 0 Å². The lowest BCUT2D eigenvalue weighted by atomic mass is 10.00. The van der Waals surface area contributed by atoms with Crippen LogP contribution < -0.4 is 15.0 Å². The first kappa shape index (κ1) is 38.2. The molecule has 2 fully saturated rings. The molecule has 6 rings (SSSR count). The number of ether oxygens (including phenoxy) is 4. The summed E-state index contributed by atoms with van der Waals surface area (Å²) in [6.45, 7) is 10.6. The number of fused-ring (bicyclic) bond motifs is 1. The number of rotatable bonds is 8. The number of carbonyl (C=O) groups is 5. The normalized spacial score (nSPS) is 19.4. The summed E-state index contributed by atoms with van der Waals surface area (Å²) in [6.07, 6.45) is -0.495. The molecular weight excluding hydrogens is 711 g/mol. The van der Waals surface area contributed by atoms with Gasteiger partial charge in [-0.25, -0.2) is 14.4 Å². The van der Waals surface area contributed by atoms with Crippen molar-refractivity contribution in [2.24, 2.45) is 0 Å². The molecule has 3 aromatic rings. The highest BCUT2D eigenvalue weighted by Crippen LogP contribution is 2.43. The fourth-order valence-electron chi connectivity index (χ4n) is 6.24. The minimum Gasteiger partial charge on any atom is -0.448 e. The van der Waals surface area contributed by atoms with Crippen molar-refractivity contribution in [2.75, 3.05) is 17.2 Å². The largest absolute Gasteiger partial charge is 0.514 e. The summed E-state index contributed by atoms with van der Waals surface area (Å²) in [7, 11) is 0. The van der Waals surface area contributed by atoms with Crippen LogP contribution in [0.15, 0.2) is 108 Å². The molecule has 0 aliphatic carbocycles. The molecular formula is C41H43N3O9S. The maximum atomic E-state index is 14.4.